The van der Waals surface area contributed by atoms with Gasteiger partial charge in [0.2, 0.25) is 0 Å². The third kappa shape index (κ3) is 3.54. The Morgan fingerprint density at radius 3 is 2.67 bits per heavy atom. The number of rotatable bonds is 5. The Kier molecular flexibility index (Phi) is 4.47. The van der Waals surface area contributed by atoms with E-state index in [1.54, 1.807) is 24.3 Å². The van der Waals surface area contributed by atoms with Gasteiger partial charge in [0, 0.05) is 12.6 Å². The van der Waals surface area contributed by atoms with Gasteiger partial charge in [-0.05, 0) is 23.8 Å². The summed E-state index contributed by atoms with van der Waals surface area (Å²) in [7, 11) is 0. The van der Waals surface area contributed by atoms with E-state index in [1.807, 2.05) is 6.07 Å². The van der Waals surface area contributed by atoms with Gasteiger partial charge in [0.1, 0.15) is 5.56 Å². The number of nitro groups is 1. The zero-order valence-electron chi connectivity index (χ0n) is 11.1. The van der Waals surface area contributed by atoms with E-state index in [2.05, 4.69) is 10.9 Å². The number of hydrogen-bond acceptors (Lipinski definition) is 5. The molecular formula is C14H14N4O3. The molecule has 0 saturated carbocycles. The Morgan fingerprint density at radius 1 is 1.19 bits per heavy atom. The van der Waals surface area contributed by atoms with Crippen molar-refractivity contribution in [2.75, 3.05) is 5.43 Å². The minimum atomic E-state index is -0.593. The lowest BCUT2D eigenvalue weighted by Crippen LogP contribution is -2.29. The average Bonchev–Trinajstić information content (AvgIpc) is 2.52. The summed E-state index contributed by atoms with van der Waals surface area (Å²) >= 11 is 0. The van der Waals surface area contributed by atoms with Crippen molar-refractivity contribution in [3.05, 3.63) is 69.8 Å². The van der Waals surface area contributed by atoms with E-state index in [0.29, 0.717) is 12.2 Å². The summed E-state index contributed by atoms with van der Waals surface area (Å²) in [6.07, 6.45) is 0. The van der Waals surface area contributed by atoms with Crippen LogP contribution in [0.1, 0.15) is 15.9 Å². The van der Waals surface area contributed by atoms with Crippen molar-refractivity contribution in [3.63, 3.8) is 0 Å². The number of carbonyl (C=O) groups excluding carboxylic acids is 1. The third-order valence-corrected chi connectivity index (χ3v) is 2.83. The molecule has 0 aliphatic rings. The first-order valence-corrected chi connectivity index (χ1v) is 6.20. The van der Waals surface area contributed by atoms with Gasteiger partial charge in [-0.3, -0.25) is 25.8 Å². The normalized spacial score (nSPS) is 9.95. The zero-order valence-corrected chi connectivity index (χ0v) is 11.1. The van der Waals surface area contributed by atoms with Gasteiger partial charge in [0.25, 0.3) is 11.6 Å². The van der Waals surface area contributed by atoms with Crippen molar-refractivity contribution in [3.8, 4) is 0 Å². The number of benzene rings is 2. The number of nitrogens with two attached hydrogens (primary N) is 1. The lowest BCUT2D eigenvalue weighted by atomic mass is 10.2. The topological polar surface area (TPSA) is 110 Å². The van der Waals surface area contributed by atoms with Crippen molar-refractivity contribution < 1.29 is 9.72 Å². The number of nitro benzene ring substituents is 1. The highest BCUT2D eigenvalue weighted by molar-refractivity contribution is 5.98. The van der Waals surface area contributed by atoms with Crippen molar-refractivity contribution >= 4 is 17.3 Å². The Bertz CT molecular complexity index is 673. The Balaban J connectivity index is 2.10. The second kappa shape index (κ2) is 6.49. The molecule has 4 N–H and O–H groups in total. The highest BCUT2D eigenvalue weighted by Gasteiger charge is 2.18. The predicted octanol–water partition coefficient (Wildman–Crippen LogP) is 1.81. The van der Waals surface area contributed by atoms with Crippen molar-refractivity contribution in [1.82, 2.24) is 5.43 Å². The van der Waals surface area contributed by atoms with Crippen LogP contribution < -0.4 is 16.6 Å². The molecule has 0 fully saturated rings. The van der Waals surface area contributed by atoms with Gasteiger partial charge in [-0.25, -0.2) is 0 Å². The maximum atomic E-state index is 12.0. The van der Waals surface area contributed by atoms with Gasteiger partial charge in [-0.1, -0.05) is 24.3 Å². The molecule has 0 spiro atoms. The van der Waals surface area contributed by atoms with Gasteiger partial charge in [0.15, 0.2) is 0 Å². The molecular weight excluding hydrogens is 272 g/mol. The van der Waals surface area contributed by atoms with Gasteiger partial charge in [-0.2, -0.15) is 0 Å². The number of hydrazine groups is 1. The first-order valence-electron chi connectivity index (χ1n) is 6.20. The highest BCUT2D eigenvalue weighted by Crippen LogP contribution is 2.17. The van der Waals surface area contributed by atoms with E-state index in [9.17, 15) is 14.9 Å². The maximum absolute atomic E-state index is 12.0. The quantitative estimate of drug-likeness (QED) is 0.573. The second-order valence-electron chi connectivity index (χ2n) is 4.26. The van der Waals surface area contributed by atoms with Crippen LogP contribution in [0.4, 0.5) is 11.4 Å². The summed E-state index contributed by atoms with van der Waals surface area (Å²) in [5.74, 6) is -0.583. The second-order valence-corrected chi connectivity index (χ2v) is 4.26. The molecule has 2 aromatic carbocycles. The predicted molar refractivity (Wildman–Crippen MR) is 78.5 cm³/mol. The van der Waals surface area contributed by atoms with Crippen LogP contribution in [0.2, 0.25) is 0 Å². The van der Waals surface area contributed by atoms with Gasteiger partial charge in [0.05, 0.1) is 10.6 Å². The maximum Gasteiger partial charge on any atom is 0.282 e. The molecule has 2 aromatic rings. The van der Waals surface area contributed by atoms with E-state index >= 15 is 0 Å². The van der Waals surface area contributed by atoms with Gasteiger partial charge >= 0.3 is 0 Å². The van der Waals surface area contributed by atoms with E-state index < -0.39 is 10.8 Å². The van der Waals surface area contributed by atoms with Crippen molar-refractivity contribution in [2.45, 2.75) is 6.54 Å². The van der Waals surface area contributed by atoms with Crippen LogP contribution in [0.5, 0.6) is 0 Å². The largest absolute Gasteiger partial charge is 0.326 e. The lowest BCUT2D eigenvalue weighted by molar-refractivity contribution is -0.385. The van der Waals surface area contributed by atoms with Crippen molar-refractivity contribution in [2.24, 2.45) is 5.73 Å². The van der Waals surface area contributed by atoms with E-state index in [4.69, 9.17) is 5.73 Å². The molecule has 2 rings (SSSR count). The Morgan fingerprint density at radius 2 is 1.95 bits per heavy atom. The van der Waals surface area contributed by atoms with Crippen molar-refractivity contribution in [1.29, 1.82) is 0 Å². The molecule has 1 amide bonds. The zero-order chi connectivity index (χ0) is 15.2. The first kappa shape index (κ1) is 14.5. The summed E-state index contributed by atoms with van der Waals surface area (Å²) < 4.78 is 0. The summed E-state index contributed by atoms with van der Waals surface area (Å²) in [6, 6.07) is 12.9. The Labute approximate surface area is 120 Å². The van der Waals surface area contributed by atoms with Crippen LogP contribution in [-0.4, -0.2) is 10.8 Å². The minimum absolute atomic E-state index is 0.00928. The molecule has 7 heteroatoms. The fourth-order valence-corrected chi connectivity index (χ4v) is 1.80. The molecule has 0 radical (unpaired) electrons. The van der Waals surface area contributed by atoms with Crippen LogP contribution in [-0.2, 0) is 6.54 Å². The molecule has 0 bridgehead atoms. The molecule has 7 nitrogen and oxygen atoms in total. The number of para-hydroxylation sites is 1. The number of anilines is 1. The Hall–Kier alpha value is -2.93. The molecule has 0 atom stereocenters. The molecule has 0 saturated heterocycles. The van der Waals surface area contributed by atoms with Crippen LogP contribution in [0.25, 0.3) is 0 Å². The van der Waals surface area contributed by atoms with E-state index in [1.165, 1.54) is 18.2 Å². The number of carbonyl (C=O) groups is 1. The monoisotopic (exact) mass is 286 g/mol. The fourth-order valence-electron chi connectivity index (χ4n) is 1.80. The summed E-state index contributed by atoms with van der Waals surface area (Å²) in [5.41, 5.74) is 12.0. The third-order valence-electron chi connectivity index (χ3n) is 2.83. The van der Waals surface area contributed by atoms with E-state index in [0.717, 1.165) is 5.56 Å². The molecule has 0 aliphatic heterocycles. The summed E-state index contributed by atoms with van der Waals surface area (Å²) in [4.78, 5) is 22.3. The molecule has 108 valence electrons. The number of nitrogens with one attached hydrogen (secondary N) is 2. The number of amides is 1. The fraction of sp³-hybridized carbons (Fsp3) is 0.0714. The number of nitrogens with zero attached hydrogens (tertiary/aromatic N) is 1. The smallest absolute Gasteiger partial charge is 0.282 e. The van der Waals surface area contributed by atoms with Gasteiger partial charge < -0.3 is 5.73 Å². The first-order chi connectivity index (χ1) is 10.1. The molecule has 21 heavy (non-hydrogen) atoms. The molecule has 0 unspecified atom stereocenters. The average molecular weight is 286 g/mol. The van der Waals surface area contributed by atoms with Crippen LogP contribution in [0.15, 0.2) is 48.5 Å². The molecule has 0 heterocycles. The van der Waals surface area contributed by atoms with Crippen LogP contribution >= 0.6 is 0 Å². The minimum Gasteiger partial charge on any atom is -0.326 e. The molecule has 0 aromatic heterocycles. The summed E-state index contributed by atoms with van der Waals surface area (Å²) in [6.45, 7) is 0.383. The highest BCUT2D eigenvalue weighted by atomic mass is 16.6. The SMILES string of the molecule is NCc1cccc(NNC(=O)c2ccccc2[N+](=O)[O-])c1. The van der Waals surface area contributed by atoms with Crippen LogP contribution in [0.3, 0.4) is 0 Å². The van der Waals surface area contributed by atoms with Crippen LogP contribution in [0, 0.1) is 10.1 Å². The number of hydrogen-bond donors (Lipinski definition) is 3. The summed E-state index contributed by atoms with van der Waals surface area (Å²) in [5, 5.41) is 10.9. The lowest BCUT2D eigenvalue weighted by Gasteiger charge is -2.09. The molecule has 0 aliphatic carbocycles. The van der Waals surface area contributed by atoms with Gasteiger partial charge in [-0.15, -0.1) is 0 Å². The standard InChI is InChI=1S/C14H14N4O3/c15-9-10-4-3-5-11(8-10)16-17-14(19)12-6-1-2-7-13(12)18(20)21/h1-8,16H,9,15H2,(H,17,19). The van der Waals surface area contributed by atoms with E-state index in [-0.39, 0.29) is 11.3 Å².